The molecule has 1 aliphatic carbocycles. The monoisotopic (exact) mass is 480 g/mol. The Hall–Kier alpha value is -2.63. The summed E-state index contributed by atoms with van der Waals surface area (Å²) in [6.45, 7) is 5.67. The van der Waals surface area contributed by atoms with E-state index < -0.39 is 5.97 Å². The SMILES string of the molecule is CC(C)c1c(-c2cccc(Cl)c2)c(-c2ccccc2)nn1C[C@H]1CC[C@@H](COCC(=O)O)CC1. The van der Waals surface area contributed by atoms with Crippen LogP contribution < -0.4 is 0 Å². The summed E-state index contributed by atoms with van der Waals surface area (Å²) in [5.41, 5.74) is 5.62. The maximum atomic E-state index is 10.7. The normalized spacial score (nSPS) is 18.4. The Bertz CT molecular complexity index is 1100. The van der Waals surface area contributed by atoms with E-state index in [4.69, 9.17) is 26.5 Å². The smallest absolute Gasteiger partial charge is 0.329 e. The summed E-state index contributed by atoms with van der Waals surface area (Å²) >= 11 is 6.38. The van der Waals surface area contributed by atoms with Crippen LogP contribution in [-0.4, -0.2) is 34.1 Å². The molecule has 0 bridgehead atoms. The second kappa shape index (κ2) is 11.2. The molecule has 0 amide bonds. The van der Waals surface area contributed by atoms with Gasteiger partial charge in [-0.15, -0.1) is 0 Å². The average Bonchev–Trinajstić information content (AvgIpc) is 3.20. The number of carboxylic acid groups (broad SMARTS) is 1. The molecule has 2 aromatic carbocycles. The van der Waals surface area contributed by atoms with E-state index in [-0.39, 0.29) is 6.61 Å². The second-order valence-electron chi connectivity index (χ2n) is 9.62. The van der Waals surface area contributed by atoms with Gasteiger partial charge in [0, 0.05) is 28.4 Å². The van der Waals surface area contributed by atoms with E-state index in [0.29, 0.717) is 24.4 Å². The first-order valence-corrected chi connectivity index (χ1v) is 12.5. The number of hydrogen-bond acceptors (Lipinski definition) is 3. The number of benzene rings is 2. The van der Waals surface area contributed by atoms with E-state index in [1.807, 2.05) is 24.3 Å². The predicted molar refractivity (Wildman–Crippen MR) is 136 cm³/mol. The second-order valence-corrected chi connectivity index (χ2v) is 10.1. The van der Waals surface area contributed by atoms with E-state index in [1.54, 1.807) is 0 Å². The minimum atomic E-state index is -0.904. The lowest BCUT2D eigenvalue weighted by Crippen LogP contribution is -2.24. The highest BCUT2D eigenvalue weighted by molar-refractivity contribution is 6.30. The summed E-state index contributed by atoms with van der Waals surface area (Å²) in [7, 11) is 0. The number of aromatic nitrogens is 2. The van der Waals surface area contributed by atoms with E-state index in [1.165, 1.54) is 11.3 Å². The first-order chi connectivity index (χ1) is 16.4. The third-order valence-corrected chi connectivity index (χ3v) is 6.91. The van der Waals surface area contributed by atoms with Gasteiger partial charge in [-0.3, -0.25) is 4.68 Å². The Morgan fingerprint density at radius 1 is 1.06 bits per heavy atom. The molecular weight excluding hydrogens is 448 g/mol. The van der Waals surface area contributed by atoms with E-state index >= 15 is 0 Å². The van der Waals surface area contributed by atoms with Gasteiger partial charge in [-0.2, -0.15) is 5.10 Å². The Morgan fingerprint density at radius 2 is 1.74 bits per heavy atom. The van der Waals surface area contributed by atoms with Crippen LogP contribution >= 0.6 is 11.6 Å². The first-order valence-electron chi connectivity index (χ1n) is 12.1. The van der Waals surface area contributed by atoms with Gasteiger partial charge in [-0.25, -0.2) is 4.79 Å². The number of aliphatic carboxylic acids is 1. The Kier molecular flexibility index (Phi) is 8.07. The van der Waals surface area contributed by atoms with Gasteiger partial charge in [-0.1, -0.05) is 67.9 Å². The van der Waals surface area contributed by atoms with Crippen molar-refractivity contribution in [1.29, 1.82) is 0 Å². The van der Waals surface area contributed by atoms with E-state index in [9.17, 15) is 4.79 Å². The quantitative estimate of drug-likeness (QED) is 0.361. The Morgan fingerprint density at radius 3 is 2.38 bits per heavy atom. The van der Waals surface area contributed by atoms with E-state index in [0.717, 1.165) is 54.1 Å². The largest absolute Gasteiger partial charge is 0.480 e. The lowest BCUT2D eigenvalue weighted by molar-refractivity contribution is -0.142. The van der Waals surface area contributed by atoms with Crippen molar-refractivity contribution in [1.82, 2.24) is 9.78 Å². The van der Waals surface area contributed by atoms with Gasteiger partial charge in [0.15, 0.2) is 0 Å². The van der Waals surface area contributed by atoms with Gasteiger partial charge in [0.05, 0.1) is 6.61 Å². The molecule has 3 aromatic rings. The highest BCUT2D eigenvalue weighted by Gasteiger charge is 2.27. The van der Waals surface area contributed by atoms with Crippen LogP contribution in [0.15, 0.2) is 54.6 Å². The van der Waals surface area contributed by atoms with Gasteiger partial charge in [0.25, 0.3) is 0 Å². The number of halogens is 1. The molecule has 0 spiro atoms. The fourth-order valence-corrected chi connectivity index (χ4v) is 5.26. The lowest BCUT2D eigenvalue weighted by Gasteiger charge is -2.29. The number of hydrogen-bond donors (Lipinski definition) is 1. The van der Waals surface area contributed by atoms with Crippen LogP contribution in [0.1, 0.15) is 51.1 Å². The molecule has 1 N–H and O–H groups in total. The van der Waals surface area contributed by atoms with Crippen LogP contribution in [0.3, 0.4) is 0 Å². The highest BCUT2D eigenvalue weighted by Crippen LogP contribution is 2.40. The molecule has 6 heteroatoms. The van der Waals surface area contributed by atoms with E-state index in [2.05, 4.69) is 48.9 Å². The molecule has 1 saturated carbocycles. The highest BCUT2D eigenvalue weighted by atomic mass is 35.5. The van der Waals surface area contributed by atoms with Gasteiger partial charge >= 0.3 is 5.97 Å². The van der Waals surface area contributed by atoms with Crippen LogP contribution in [0.25, 0.3) is 22.4 Å². The molecular formula is C28H33ClN2O3. The minimum absolute atomic E-state index is 0.209. The molecule has 1 aromatic heterocycles. The molecule has 5 nitrogen and oxygen atoms in total. The number of nitrogens with zero attached hydrogens (tertiary/aromatic N) is 2. The number of rotatable bonds is 9. The molecule has 0 unspecified atom stereocenters. The van der Waals surface area contributed by atoms with Crippen LogP contribution in [0.4, 0.5) is 0 Å². The van der Waals surface area contributed by atoms with Crippen molar-refractivity contribution >= 4 is 17.6 Å². The topological polar surface area (TPSA) is 64.4 Å². The van der Waals surface area contributed by atoms with Crippen LogP contribution in [-0.2, 0) is 16.1 Å². The zero-order valence-corrected chi connectivity index (χ0v) is 20.7. The number of carbonyl (C=O) groups is 1. The van der Waals surface area contributed by atoms with Gasteiger partial charge < -0.3 is 9.84 Å². The lowest BCUT2D eigenvalue weighted by atomic mass is 9.82. The fourth-order valence-electron chi connectivity index (χ4n) is 5.07. The molecule has 0 saturated heterocycles. The van der Waals surface area contributed by atoms with Crippen molar-refractivity contribution in [2.45, 2.75) is 52.0 Å². The first kappa shape index (κ1) is 24.5. The number of ether oxygens (including phenoxy) is 1. The van der Waals surface area contributed by atoms with Crippen molar-refractivity contribution in [3.05, 3.63) is 65.3 Å². The molecule has 1 heterocycles. The predicted octanol–water partition coefficient (Wildman–Crippen LogP) is 6.90. The minimum Gasteiger partial charge on any atom is -0.480 e. The fraction of sp³-hybridized carbons (Fsp3) is 0.429. The maximum Gasteiger partial charge on any atom is 0.329 e. The summed E-state index contributed by atoms with van der Waals surface area (Å²) in [4.78, 5) is 10.7. The van der Waals surface area contributed by atoms with Crippen molar-refractivity contribution in [3.8, 4) is 22.4 Å². The summed E-state index contributed by atoms with van der Waals surface area (Å²) in [5.74, 6) is 0.390. The molecule has 4 rings (SSSR count). The molecule has 0 radical (unpaired) electrons. The average molecular weight is 481 g/mol. The van der Waals surface area contributed by atoms with Crippen molar-refractivity contribution in [2.75, 3.05) is 13.2 Å². The standard InChI is InChI=1S/C28H33ClN2O3/c1-19(2)28-26(23-9-6-10-24(29)15-23)27(22-7-4-3-5-8-22)30-31(28)16-20-11-13-21(14-12-20)17-34-18-25(32)33/h3-10,15,19-21H,11-14,16-18H2,1-2H3,(H,32,33)/t20-,21+. The molecule has 0 atom stereocenters. The maximum absolute atomic E-state index is 10.7. The Balaban J connectivity index is 1.60. The summed E-state index contributed by atoms with van der Waals surface area (Å²) in [6, 6.07) is 18.4. The van der Waals surface area contributed by atoms with Gasteiger partial charge in [0.2, 0.25) is 0 Å². The van der Waals surface area contributed by atoms with Crippen molar-refractivity contribution in [2.24, 2.45) is 11.8 Å². The molecule has 34 heavy (non-hydrogen) atoms. The van der Waals surface area contributed by atoms with Crippen molar-refractivity contribution < 1.29 is 14.6 Å². The van der Waals surface area contributed by atoms with Gasteiger partial charge in [0.1, 0.15) is 12.3 Å². The molecule has 1 aliphatic rings. The van der Waals surface area contributed by atoms with Crippen molar-refractivity contribution in [3.63, 3.8) is 0 Å². The molecule has 1 fully saturated rings. The zero-order valence-electron chi connectivity index (χ0n) is 19.9. The molecule has 0 aliphatic heterocycles. The van der Waals surface area contributed by atoms with Crippen LogP contribution in [0.2, 0.25) is 5.02 Å². The summed E-state index contributed by atoms with van der Waals surface area (Å²) < 4.78 is 7.57. The number of carboxylic acids is 1. The molecule has 180 valence electrons. The van der Waals surface area contributed by atoms with Crippen LogP contribution in [0.5, 0.6) is 0 Å². The van der Waals surface area contributed by atoms with Gasteiger partial charge in [-0.05, 0) is 61.1 Å². The van der Waals surface area contributed by atoms with Crippen LogP contribution in [0, 0.1) is 11.8 Å². The summed E-state index contributed by atoms with van der Waals surface area (Å²) in [5, 5.41) is 14.7. The summed E-state index contributed by atoms with van der Waals surface area (Å²) in [6.07, 6.45) is 4.34. The third-order valence-electron chi connectivity index (χ3n) is 6.68. The Labute approximate surface area is 206 Å². The zero-order chi connectivity index (χ0) is 24.1. The third kappa shape index (κ3) is 5.89.